The van der Waals surface area contributed by atoms with E-state index < -0.39 is 17.6 Å². The summed E-state index contributed by atoms with van der Waals surface area (Å²) in [5.74, 6) is -0.839. The van der Waals surface area contributed by atoms with E-state index in [9.17, 15) is 14.0 Å². The van der Waals surface area contributed by atoms with Crippen LogP contribution in [0.2, 0.25) is 0 Å². The van der Waals surface area contributed by atoms with Crippen LogP contribution in [0, 0.1) is 5.82 Å². The highest BCUT2D eigenvalue weighted by atomic mass is 19.1. The summed E-state index contributed by atoms with van der Waals surface area (Å²) < 4.78 is 24.4. The average Bonchev–Trinajstić information content (AvgIpc) is 2.65. The summed E-state index contributed by atoms with van der Waals surface area (Å²) in [7, 11) is 1.53. The molecule has 6 nitrogen and oxygen atoms in total. The summed E-state index contributed by atoms with van der Waals surface area (Å²) >= 11 is 0. The quantitative estimate of drug-likeness (QED) is 0.603. The van der Waals surface area contributed by atoms with Crippen molar-refractivity contribution in [2.75, 3.05) is 7.11 Å². The third kappa shape index (κ3) is 5.85. The van der Waals surface area contributed by atoms with Gasteiger partial charge in [-0.25, -0.2) is 4.39 Å². The van der Waals surface area contributed by atoms with Gasteiger partial charge in [0, 0.05) is 6.08 Å². The Labute approximate surface area is 157 Å². The number of hydrogen-bond acceptors (Lipinski definition) is 4. The molecule has 0 aliphatic rings. The second-order valence-corrected chi connectivity index (χ2v) is 5.83. The van der Waals surface area contributed by atoms with Gasteiger partial charge in [0.1, 0.15) is 5.82 Å². The Morgan fingerprint density at radius 3 is 2.48 bits per heavy atom. The summed E-state index contributed by atoms with van der Waals surface area (Å²) in [5.41, 5.74) is 4.90. The minimum Gasteiger partial charge on any atom is -0.493 e. The molecule has 0 aromatic heterocycles. The lowest BCUT2D eigenvalue weighted by Gasteiger charge is -2.13. The predicted octanol–water partition coefficient (Wildman–Crippen LogP) is 3.10. The topological polar surface area (TPSA) is 76.7 Å². The van der Waals surface area contributed by atoms with Crippen LogP contribution in [0.5, 0.6) is 11.5 Å². The molecule has 0 saturated carbocycles. The van der Waals surface area contributed by atoms with Gasteiger partial charge in [-0.2, -0.15) is 0 Å². The molecule has 2 N–H and O–H groups in total. The number of amides is 2. The number of methoxy groups -OCH3 is 1. The number of rotatable bonds is 6. The summed E-state index contributed by atoms with van der Waals surface area (Å²) in [4.78, 5) is 23.7. The number of hydrogen-bond donors (Lipinski definition) is 2. The van der Waals surface area contributed by atoms with Gasteiger partial charge in [-0.1, -0.05) is 18.2 Å². The average molecular weight is 372 g/mol. The molecule has 142 valence electrons. The second-order valence-electron chi connectivity index (χ2n) is 5.83. The van der Waals surface area contributed by atoms with Crippen LogP contribution in [0.25, 0.3) is 6.08 Å². The van der Waals surface area contributed by atoms with E-state index in [1.54, 1.807) is 24.3 Å². The molecule has 0 aliphatic heterocycles. The van der Waals surface area contributed by atoms with Crippen molar-refractivity contribution in [2.45, 2.75) is 20.0 Å². The van der Waals surface area contributed by atoms with E-state index in [0.717, 1.165) is 6.07 Å². The van der Waals surface area contributed by atoms with E-state index >= 15 is 0 Å². The Bertz CT molecular complexity index is 850. The smallest absolute Gasteiger partial charge is 0.272 e. The highest BCUT2D eigenvalue weighted by Gasteiger charge is 2.11. The molecule has 0 spiro atoms. The molecule has 0 atom stereocenters. The van der Waals surface area contributed by atoms with Gasteiger partial charge in [0.05, 0.1) is 18.8 Å². The Balaban J connectivity index is 1.96. The molecule has 0 bridgehead atoms. The molecule has 0 fully saturated rings. The lowest BCUT2D eigenvalue weighted by atomic mass is 10.2. The molecule has 2 amide bonds. The summed E-state index contributed by atoms with van der Waals surface area (Å²) in [5, 5.41) is 0. The van der Waals surface area contributed by atoms with Gasteiger partial charge in [-0.05, 0) is 49.8 Å². The zero-order chi connectivity index (χ0) is 19.8. The van der Waals surface area contributed by atoms with Crippen molar-refractivity contribution in [1.29, 1.82) is 0 Å². The number of nitrogens with one attached hydrogen (secondary N) is 2. The van der Waals surface area contributed by atoms with Gasteiger partial charge >= 0.3 is 0 Å². The first-order chi connectivity index (χ1) is 12.9. The molecule has 0 saturated heterocycles. The van der Waals surface area contributed by atoms with Gasteiger partial charge in [0.2, 0.25) is 0 Å². The molecule has 0 unspecified atom stereocenters. The van der Waals surface area contributed by atoms with Gasteiger partial charge in [-0.15, -0.1) is 0 Å². The van der Waals surface area contributed by atoms with Gasteiger partial charge in [0.25, 0.3) is 11.8 Å². The highest BCUT2D eigenvalue weighted by molar-refractivity contribution is 5.98. The van der Waals surface area contributed by atoms with Crippen molar-refractivity contribution < 1.29 is 23.5 Å². The fraction of sp³-hybridized carbons (Fsp3) is 0.200. The van der Waals surface area contributed by atoms with Gasteiger partial charge in [0.15, 0.2) is 11.5 Å². The van der Waals surface area contributed by atoms with Crippen molar-refractivity contribution in [3.05, 3.63) is 65.5 Å². The summed E-state index contributed by atoms with van der Waals surface area (Å²) in [6.45, 7) is 3.82. The van der Waals surface area contributed by atoms with Crippen LogP contribution in [0.3, 0.4) is 0 Å². The Morgan fingerprint density at radius 1 is 1.07 bits per heavy atom. The maximum absolute atomic E-state index is 13.5. The first-order valence-corrected chi connectivity index (χ1v) is 8.28. The van der Waals surface area contributed by atoms with Gasteiger partial charge < -0.3 is 9.47 Å². The summed E-state index contributed by atoms with van der Waals surface area (Å²) in [6.07, 6.45) is 2.79. The third-order valence-corrected chi connectivity index (χ3v) is 3.40. The monoisotopic (exact) mass is 372 g/mol. The Morgan fingerprint density at radius 2 is 1.81 bits per heavy atom. The zero-order valence-electron chi connectivity index (χ0n) is 15.3. The number of carbonyl (C=O) groups is 2. The lowest BCUT2D eigenvalue weighted by molar-refractivity contribution is -0.117. The first kappa shape index (κ1) is 20.0. The highest BCUT2D eigenvalue weighted by Crippen LogP contribution is 2.29. The number of carbonyl (C=O) groups excluding carboxylic acids is 2. The molecule has 0 radical (unpaired) electrons. The van der Waals surface area contributed by atoms with E-state index in [2.05, 4.69) is 10.9 Å². The number of hydrazine groups is 1. The second kappa shape index (κ2) is 9.38. The van der Waals surface area contributed by atoms with Crippen molar-refractivity contribution in [2.24, 2.45) is 0 Å². The van der Waals surface area contributed by atoms with Crippen LogP contribution >= 0.6 is 0 Å². The predicted molar refractivity (Wildman–Crippen MR) is 99.8 cm³/mol. The van der Waals surface area contributed by atoms with Gasteiger partial charge in [-0.3, -0.25) is 20.4 Å². The molecular weight excluding hydrogens is 351 g/mol. The molecule has 2 rings (SSSR count). The molecule has 7 heteroatoms. The maximum atomic E-state index is 13.5. The molecule has 0 heterocycles. The molecular formula is C20H21FN2O4. The van der Waals surface area contributed by atoms with Crippen LogP contribution < -0.4 is 20.3 Å². The minimum atomic E-state index is -0.744. The SMILES string of the molecule is COc1cc(/C=C/C(=O)NNC(=O)c2ccccc2F)ccc1OC(C)C. The maximum Gasteiger partial charge on any atom is 0.272 e. The van der Waals surface area contributed by atoms with Crippen molar-refractivity contribution in [3.63, 3.8) is 0 Å². The van der Waals surface area contributed by atoms with E-state index in [4.69, 9.17) is 9.47 Å². The van der Waals surface area contributed by atoms with Crippen molar-refractivity contribution >= 4 is 17.9 Å². The van der Waals surface area contributed by atoms with E-state index in [1.807, 2.05) is 13.8 Å². The molecule has 2 aromatic rings. The van der Waals surface area contributed by atoms with Crippen LogP contribution in [-0.4, -0.2) is 25.0 Å². The lowest BCUT2D eigenvalue weighted by Crippen LogP contribution is -2.41. The third-order valence-electron chi connectivity index (χ3n) is 3.40. The van der Waals surface area contributed by atoms with Crippen molar-refractivity contribution in [1.82, 2.24) is 10.9 Å². The molecule has 2 aromatic carbocycles. The van der Waals surface area contributed by atoms with E-state index in [1.165, 1.54) is 31.4 Å². The van der Waals surface area contributed by atoms with Crippen LogP contribution in [0.15, 0.2) is 48.5 Å². The standard InChI is InChI=1S/C20H21FN2O4/c1-13(2)27-17-10-8-14(12-18(17)26-3)9-11-19(24)22-23-20(25)15-6-4-5-7-16(15)21/h4-13H,1-3H3,(H,22,24)(H,23,25)/b11-9+. The normalized spacial score (nSPS) is 10.7. The Kier molecular flexibility index (Phi) is 6.93. The van der Waals surface area contributed by atoms with Crippen LogP contribution in [0.1, 0.15) is 29.8 Å². The van der Waals surface area contributed by atoms with Crippen molar-refractivity contribution in [3.8, 4) is 11.5 Å². The fourth-order valence-electron chi connectivity index (χ4n) is 2.18. The number of ether oxygens (including phenoxy) is 2. The Hall–Kier alpha value is -3.35. The molecule has 27 heavy (non-hydrogen) atoms. The summed E-state index contributed by atoms with van der Waals surface area (Å²) in [6, 6.07) is 10.7. The molecule has 0 aliphatic carbocycles. The minimum absolute atomic E-state index is 0.00383. The largest absolute Gasteiger partial charge is 0.493 e. The number of halogens is 1. The van der Waals surface area contributed by atoms with E-state index in [-0.39, 0.29) is 11.7 Å². The van der Waals surface area contributed by atoms with E-state index in [0.29, 0.717) is 17.1 Å². The zero-order valence-corrected chi connectivity index (χ0v) is 15.3. The first-order valence-electron chi connectivity index (χ1n) is 8.28. The fourth-order valence-corrected chi connectivity index (χ4v) is 2.18. The number of benzene rings is 2. The van der Waals surface area contributed by atoms with Crippen LogP contribution in [-0.2, 0) is 4.79 Å². The van der Waals surface area contributed by atoms with Crippen LogP contribution in [0.4, 0.5) is 4.39 Å².